The minimum Gasteiger partial charge on any atom is -0.465 e. The van der Waals surface area contributed by atoms with Crippen molar-refractivity contribution in [1.82, 2.24) is 10.6 Å². The molecule has 118 valence electrons. The smallest absolute Gasteiger partial charge is 0.318 e. The second-order valence-electron chi connectivity index (χ2n) is 5.32. The first-order valence-corrected chi connectivity index (χ1v) is 7.76. The summed E-state index contributed by atoms with van der Waals surface area (Å²) in [4.78, 5) is 25.1. The molecule has 1 heterocycles. The van der Waals surface area contributed by atoms with E-state index in [1.807, 2.05) is 13.0 Å². The number of ether oxygens (including phenoxy) is 1. The van der Waals surface area contributed by atoms with Gasteiger partial charge in [0.1, 0.15) is 5.92 Å². The van der Waals surface area contributed by atoms with E-state index in [4.69, 9.17) is 17.0 Å². The van der Waals surface area contributed by atoms with Gasteiger partial charge in [0.25, 0.3) is 0 Å². The zero-order valence-corrected chi connectivity index (χ0v) is 13.5. The first-order chi connectivity index (χ1) is 10.5. The van der Waals surface area contributed by atoms with Gasteiger partial charge in [-0.25, -0.2) is 0 Å². The number of ketones is 1. The molecular formula is C16H20N2O3S. The third-order valence-electron chi connectivity index (χ3n) is 3.59. The van der Waals surface area contributed by atoms with Crippen LogP contribution in [-0.4, -0.2) is 35.6 Å². The van der Waals surface area contributed by atoms with Crippen LogP contribution in [0, 0.1) is 5.92 Å². The van der Waals surface area contributed by atoms with Gasteiger partial charge in [-0.1, -0.05) is 30.3 Å². The average molecular weight is 320 g/mol. The molecular weight excluding hydrogens is 300 g/mol. The number of Topliss-reactive ketones (excluding diaryl/α,β-unsaturated/α-hetero) is 1. The fourth-order valence-corrected chi connectivity index (χ4v) is 2.97. The number of carbonyl (C=O) groups is 2. The Morgan fingerprint density at radius 3 is 2.59 bits per heavy atom. The standard InChI is InChI=1S/C16H20N2O3S/c1-3-21-15(20)13(12-9-10(2)17-16(22)18-12)14(19)11-7-5-4-6-8-11/h4-8,10,12-13H,3,9H2,1-2H3,(H2,17,18,22)/t10-,12+,13-/m1/s1. The Balaban J connectivity index is 2.28. The van der Waals surface area contributed by atoms with Gasteiger partial charge in [-0.2, -0.15) is 0 Å². The van der Waals surface area contributed by atoms with Crippen LogP contribution in [0.3, 0.4) is 0 Å². The lowest BCUT2D eigenvalue weighted by Gasteiger charge is -2.34. The van der Waals surface area contributed by atoms with Gasteiger partial charge in [-0.05, 0) is 32.5 Å². The van der Waals surface area contributed by atoms with Gasteiger partial charge in [-0.15, -0.1) is 0 Å². The molecule has 0 saturated carbocycles. The molecule has 0 amide bonds. The monoisotopic (exact) mass is 320 g/mol. The summed E-state index contributed by atoms with van der Waals surface area (Å²) in [5.74, 6) is -1.65. The van der Waals surface area contributed by atoms with Crippen LogP contribution in [0.4, 0.5) is 0 Å². The van der Waals surface area contributed by atoms with Crippen molar-refractivity contribution in [2.75, 3.05) is 6.61 Å². The van der Waals surface area contributed by atoms with Crippen LogP contribution in [0.1, 0.15) is 30.6 Å². The van der Waals surface area contributed by atoms with E-state index in [2.05, 4.69) is 10.6 Å². The highest BCUT2D eigenvalue weighted by atomic mass is 32.1. The highest BCUT2D eigenvalue weighted by Gasteiger charge is 2.39. The van der Waals surface area contributed by atoms with E-state index in [-0.39, 0.29) is 24.5 Å². The molecule has 0 bridgehead atoms. The van der Waals surface area contributed by atoms with Crippen LogP contribution in [-0.2, 0) is 9.53 Å². The zero-order chi connectivity index (χ0) is 16.1. The summed E-state index contributed by atoms with van der Waals surface area (Å²) < 4.78 is 5.11. The SMILES string of the molecule is CCOC(=O)[C@@H](C(=O)c1ccccc1)[C@@H]1C[C@@H](C)NC(=S)N1. The molecule has 1 aliphatic rings. The van der Waals surface area contributed by atoms with Crippen molar-refractivity contribution < 1.29 is 14.3 Å². The maximum Gasteiger partial charge on any atom is 0.318 e. The quantitative estimate of drug-likeness (QED) is 0.372. The summed E-state index contributed by atoms with van der Waals surface area (Å²) in [6.07, 6.45) is 0.613. The molecule has 1 saturated heterocycles. The zero-order valence-electron chi connectivity index (χ0n) is 12.7. The summed E-state index contributed by atoms with van der Waals surface area (Å²) in [6.45, 7) is 3.93. The summed E-state index contributed by atoms with van der Waals surface area (Å²) in [5.41, 5.74) is 0.499. The van der Waals surface area contributed by atoms with Crippen LogP contribution in [0.5, 0.6) is 0 Å². The Morgan fingerprint density at radius 2 is 2.00 bits per heavy atom. The highest BCUT2D eigenvalue weighted by molar-refractivity contribution is 7.80. The number of hydrogen-bond donors (Lipinski definition) is 2. The van der Waals surface area contributed by atoms with Gasteiger partial charge < -0.3 is 15.4 Å². The number of thiocarbonyl (C=S) groups is 1. The molecule has 6 heteroatoms. The van der Waals surface area contributed by atoms with E-state index in [9.17, 15) is 9.59 Å². The van der Waals surface area contributed by atoms with Gasteiger partial charge in [0.15, 0.2) is 10.9 Å². The predicted octanol–water partition coefficient (Wildman–Crippen LogP) is 1.67. The lowest BCUT2D eigenvalue weighted by Crippen LogP contribution is -2.58. The predicted molar refractivity (Wildman–Crippen MR) is 87.6 cm³/mol. The molecule has 1 aromatic carbocycles. The molecule has 1 fully saturated rings. The molecule has 0 aliphatic carbocycles. The maximum atomic E-state index is 12.8. The summed E-state index contributed by atoms with van der Waals surface area (Å²) >= 11 is 5.15. The number of hydrogen-bond acceptors (Lipinski definition) is 4. The van der Waals surface area contributed by atoms with Crippen molar-refractivity contribution in [3.8, 4) is 0 Å². The minimum absolute atomic E-state index is 0.0965. The third kappa shape index (κ3) is 3.82. The maximum absolute atomic E-state index is 12.8. The Bertz CT molecular complexity index is 562. The fourth-order valence-electron chi connectivity index (χ4n) is 2.62. The third-order valence-corrected chi connectivity index (χ3v) is 3.82. The summed E-state index contributed by atoms with van der Waals surface area (Å²) in [7, 11) is 0. The van der Waals surface area contributed by atoms with Crippen LogP contribution >= 0.6 is 12.2 Å². The van der Waals surface area contributed by atoms with Crippen molar-refractivity contribution in [3.63, 3.8) is 0 Å². The minimum atomic E-state index is -0.898. The molecule has 22 heavy (non-hydrogen) atoms. The van der Waals surface area contributed by atoms with Gasteiger partial charge in [0.2, 0.25) is 0 Å². The number of rotatable bonds is 5. The lowest BCUT2D eigenvalue weighted by atomic mass is 9.86. The summed E-state index contributed by atoms with van der Waals surface area (Å²) in [6, 6.07) is 8.52. The van der Waals surface area contributed by atoms with Crippen molar-refractivity contribution in [2.45, 2.75) is 32.4 Å². The number of nitrogens with one attached hydrogen (secondary N) is 2. The normalized spacial score (nSPS) is 22.2. The number of carbonyl (C=O) groups excluding carboxylic acids is 2. The van der Waals surface area contributed by atoms with Crippen molar-refractivity contribution >= 4 is 29.1 Å². The Kier molecular flexibility index (Phi) is 5.49. The molecule has 0 unspecified atom stereocenters. The molecule has 5 nitrogen and oxygen atoms in total. The van der Waals surface area contributed by atoms with E-state index in [1.165, 1.54) is 0 Å². The van der Waals surface area contributed by atoms with Crippen molar-refractivity contribution in [2.24, 2.45) is 5.92 Å². The molecule has 3 atom stereocenters. The van der Waals surface area contributed by atoms with Gasteiger partial charge in [0.05, 0.1) is 12.6 Å². The van der Waals surface area contributed by atoms with E-state index >= 15 is 0 Å². The van der Waals surface area contributed by atoms with Crippen LogP contribution in [0.2, 0.25) is 0 Å². The largest absolute Gasteiger partial charge is 0.465 e. The van der Waals surface area contributed by atoms with Crippen molar-refractivity contribution in [1.29, 1.82) is 0 Å². The Morgan fingerprint density at radius 1 is 1.32 bits per heavy atom. The van der Waals surface area contributed by atoms with Gasteiger partial charge in [-0.3, -0.25) is 9.59 Å². The average Bonchev–Trinajstić information content (AvgIpc) is 2.47. The van der Waals surface area contributed by atoms with Crippen molar-refractivity contribution in [3.05, 3.63) is 35.9 Å². The first-order valence-electron chi connectivity index (χ1n) is 7.35. The number of esters is 1. The lowest BCUT2D eigenvalue weighted by molar-refractivity contribution is -0.147. The van der Waals surface area contributed by atoms with E-state index < -0.39 is 11.9 Å². The Labute approximate surface area is 135 Å². The molecule has 2 N–H and O–H groups in total. The second kappa shape index (κ2) is 7.35. The van der Waals surface area contributed by atoms with Crippen LogP contribution in [0.15, 0.2) is 30.3 Å². The Hall–Kier alpha value is -1.95. The van der Waals surface area contributed by atoms with E-state index in [0.29, 0.717) is 17.1 Å². The second-order valence-corrected chi connectivity index (χ2v) is 5.73. The summed E-state index contributed by atoms with van der Waals surface area (Å²) in [5, 5.41) is 6.56. The first kappa shape index (κ1) is 16.4. The molecule has 0 aromatic heterocycles. The van der Waals surface area contributed by atoms with Crippen LogP contribution < -0.4 is 10.6 Å². The molecule has 1 aliphatic heterocycles. The molecule has 0 spiro atoms. The topological polar surface area (TPSA) is 67.4 Å². The van der Waals surface area contributed by atoms with Gasteiger partial charge in [0, 0.05) is 11.6 Å². The molecule has 2 rings (SSSR count). The van der Waals surface area contributed by atoms with E-state index in [1.54, 1.807) is 31.2 Å². The molecule has 0 radical (unpaired) electrons. The van der Waals surface area contributed by atoms with Gasteiger partial charge >= 0.3 is 5.97 Å². The van der Waals surface area contributed by atoms with E-state index in [0.717, 1.165) is 0 Å². The molecule has 1 aromatic rings. The van der Waals surface area contributed by atoms with Crippen LogP contribution in [0.25, 0.3) is 0 Å². The highest BCUT2D eigenvalue weighted by Crippen LogP contribution is 2.20. The number of benzene rings is 1. The fraction of sp³-hybridized carbons (Fsp3) is 0.438.